The predicted octanol–water partition coefficient (Wildman–Crippen LogP) is 5.02. The lowest BCUT2D eigenvalue weighted by Crippen LogP contribution is -2.48. The van der Waals surface area contributed by atoms with E-state index < -0.39 is 12.0 Å². The van der Waals surface area contributed by atoms with Crippen LogP contribution in [0.4, 0.5) is 0 Å². The van der Waals surface area contributed by atoms with Gasteiger partial charge in [0.1, 0.15) is 6.04 Å². The molecule has 3 aromatic rings. The van der Waals surface area contributed by atoms with Crippen LogP contribution in [0.15, 0.2) is 66.0 Å². The van der Waals surface area contributed by atoms with E-state index in [9.17, 15) is 19.5 Å². The average Bonchev–Trinajstić information content (AvgIpc) is 3.40. The highest BCUT2D eigenvalue weighted by atomic mass is 35.5. The molecule has 4 rings (SSSR count). The minimum absolute atomic E-state index is 0.0789. The van der Waals surface area contributed by atoms with E-state index in [2.05, 4.69) is 10.3 Å². The highest BCUT2D eigenvalue weighted by Gasteiger charge is 2.30. The number of piperidine rings is 1. The molecule has 2 aromatic carbocycles. The highest BCUT2D eigenvalue weighted by Crippen LogP contribution is 2.35. The van der Waals surface area contributed by atoms with Crippen LogP contribution < -0.4 is 5.32 Å². The molecule has 2 N–H and O–H groups in total. The van der Waals surface area contributed by atoms with E-state index in [0.717, 1.165) is 10.5 Å². The second kappa shape index (κ2) is 13.9. The van der Waals surface area contributed by atoms with Crippen LogP contribution in [0.2, 0.25) is 10.0 Å². The highest BCUT2D eigenvalue weighted by molar-refractivity contribution is 7.98. The van der Waals surface area contributed by atoms with Crippen molar-refractivity contribution in [1.29, 1.82) is 0 Å². The molecule has 1 aliphatic rings. The molecule has 0 radical (unpaired) electrons. The molecule has 0 spiro atoms. The summed E-state index contributed by atoms with van der Waals surface area (Å²) in [6.07, 6.45) is 9.42. The van der Waals surface area contributed by atoms with E-state index in [4.69, 9.17) is 23.2 Å². The van der Waals surface area contributed by atoms with Gasteiger partial charge in [0.25, 0.3) is 0 Å². The molecule has 40 heavy (non-hydrogen) atoms. The fourth-order valence-electron chi connectivity index (χ4n) is 4.55. The first kappa shape index (κ1) is 29.7. The number of benzene rings is 2. The number of carboxylic acid groups (broad SMARTS) is 1. The number of carbonyl (C=O) groups is 3. The number of hydrogen-bond donors (Lipinski definition) is 2. The number of nitrogens with zero attached hydrogens (tertiary/aromatic N) is 3. The Morgan fingerprint density at radius 1 is 1.12 bits per heavy atom. The van der Waals surface area contributed by atoms with Crippen LogP contribution in [0.5, 0.6) is 0 Å². The number of imidazole rings is 1. The first-order valence-electron chi connectivity index (χ1n) is 12.8. The van der Waals surface area contributed by atoms with E-state index in [1.165, 1.54) is 17.8 Å². The number of aromatic nitrogens is 2. The largest absolute Gasteiger partial charge is 0.480 e. The number of nitrogens with one attached hydrogen (secondary N) is 1. The smallest absolute Gasteiger partial charge is 0.326 e. The fourth-order valence-corrected chi connectivity index (χ4v) is 5.73. The van der Waals surface area contributed by atoms with Gasteiger partial charge in [0, 0.05) is 49.1 Å². The zero-order chi connectivity index (χ0) is 28.6. The zero-order valence-corrected chi connectivity index (χ0v) is 24.3. The number of carbonyl (C=O) groups excluding carboxylic acids is 2. The molecule has 1 aromatic heterocycles. The summed E-state index contributed by atoms with van der Waals surface area (Å²) in [7, 11) is 0. The van der Waals surface area contributed by atoms with Gasteiger partial charge in [0.05, 0.1) is 22.1 Å². The molecule has 0 unspecified atom stereocenters. The van der Waals surface area contributed by atoms with Gasteiger partial charge in [-0.2, -0.15) is 0 Å². The van der Waals surface area contributed by atoms with E-state index in [-0.39, 0.29) is 24.2 Å². The van der Waals surface area contributed by atoms with Gasteiger partial charge in [-0.15, -0.1) is 11.8 Å². The molecule has 210 valence electrons. The Morgan fingerprint density at radius 2 is 1.85 bits per heavy atom. The molecule has 1 fully saturated rings. The summed E-state index contributed by atoms with van der Waals surface area (Å²) in [6.45, 7) is 1.40. The maximum atomic E-state index is 12.9. The molecule has 2 heterocycles. The van der Waals surface area contributed by atoms with Crippen molar-refractivity contribution in [1.82, 2.24) is 19.8 Å². The van der Waals surface area contributed by atoms with Gasteiger partial charge < -0.3 is 19.9 Å². The van der Waals surface area contributed by atoms with Gasteiger partial charge >= 0.3 is 5.97 Å². The molecule has 1 saturated heterocycles. The Morgan fingerprint density at radius 3 is 2.52 bits per heavy atom. The third-order valence-electron chi connectivity index (χ3n) is 6.80. The summed E-state index contributed by atoms with van der Waals surface area (Å²) < 4.78 is 1.88. The first-order chi connectivity index (χ1) is 19.2. The van der Waals surface area contributed by atoms with E-state index >= 15 is 0 Å². The summed E-state index contributed by atoms with van der Waals surface area (Å²) in [4.78, 5) is 44.4. The Bertz CT molecular complexity index is 1390. The summed E-state index contributed by atoms with van der Waals surface area (Å²) >= 11 is 14.1. The van der Waals surface area contributed by atoms with Crippen LogP contribution in [0.3, 0.4) is 0 Å². The number of rotatable bonds is 10. The van der Waals surface area contributed by atoms with Crippen molar-refractivity contribution < 1.29 is 19.5 Å². The van der Waals surface area contributed by atoms with Gasteiger partial charge in [-0.3, -0.25) is 9.59 Å². The first-order valence-corrected chi connectivity index (χ1v) is 14.8. The molecule has 11 heteroatoms. The van der Waals surface area contributed by atoms with E-state index in [1.807, 2.05) is 53.3 Å². The van der Waals surface area contributed by atoms with Crippen molar-refractivity contribution in [3.05, 3.63) is 87.9 Å². The third kappa shape index (κ3) is 7.68. The van der Waals surface area contributed by atoms with E-state index in [0.29, 0.717) is 53.8 Å². The average molecular weight is 602 g/mol. The van der Waals surface area contributed by atoms with Gasteiger partial charge in [0.15, 0.2) is 0 Å². The van der Waals surface area contributed by atoms with Crippen LogP contribution in [0.25, 0.3) is 6.08 Å². The molecule has 0 aliphatic carbocycles. The number of aliphatic carboxylic acids is 1. The maximum Gasteiger partial charge on any atom is 0.326 e. The molecule has 8 nitrogen and oxygen atoms in total. The minimum Gasteiger partial charge on any atom is -0.480 e. The van der Waals surface area contributed by atoms with Gasteiger partial charge in [0.2, 0.25) is 11.8 Å². The summed E-state index contributed by atoms with van der Waals surface area (Å²) in [5, 5.41) is 13.2. The number of halogens is 2. The van der Waals surface area contributed by atoms with Crippen molar-refractivity contribution in [3.8, 4) is 0 Å². The van der Waals surface area contributed by atoms with E-state index in [1.54, 1.807) is 23.5 Å². The van der Waals surface area contributed by atoms with Crippen molar-refractivity contribution in [2.75, 3.05) is 19.3 Å². The molecule has 1 aliphatic heterocycles. The lowest BCUT2D eigenvalue weighted by molar-refractivity contribution is -0.142. The number of amides is 2. The van der Waals surface area contributed by atoms with Crippen LogP contribution in [-0.2, 0) is 27.3 Å². The molecule has 0 bridgehead atoms. The number of carboxylic acids is 1. The van der Waals surface area contributed by atoms with Crippen molar-refractivity contribution in [2.45, 2.75) is 36.7 Å². The summed E-state index contributed by atoms with van der Waals surface area (Å²) in [6, 6.07) is 12.4. The second-order valence-electron chi connectivity index (χ2n) is 9.54. The lowest BCUT2D eigenvalue weighted by Gasteiger charge is -2.31. The van der Waals surface area contributed by atoms with Gasteiger partial charge in [-0.25, -0.2) is 9.78 Å². The maximum absolute atomic E-state index is 12.9. The van der Waals surface area contributed by atoms with Crippen molar-refractivity contribution >= 4 is 58.8 Å². The minimum atomic E-state index is -1.12. The summed E-state index contributed by atoms with van der Waals surface area (Å²) in [5.41, 5.74) is 2.34. The normalized spacial score (nSPS) is 14.8. The van der Waals surface area contributed by atoms with Gasteiger partial charge in [-0.1, -0.05) is 59.6 Å². The lowest BCUT2D eigenvalue weighted by atomic mass is 9.95. The SMILES string of the molecule is CSc1ccc(/C=C/C(=O)N2CCC(C(=O)N[C@@H](Cc3cn(Cc4ccccc4)cn3)C(=O)O)CC2)c(Cl)c1Cl. The fraction of sp³-hybridized carbons (Fsp3) is 0.310. The molecule has 1 atom stereocenters. The van der Waals surface area contributed by atoms with Gasteiger partial charge in [-0.05, 0) is 42.4 Å². The number of likely N-dealkylation sites (tertiary alicyclic amines) is 1. The predicted molar refractivity (Wildman–Crippen MR) is 158 cm³/mol. The zero-order valence-electron chi connectivity index (χ0n) is 21.9. The molecule has 2 amide bonds. The number of thioether (sulfide) groups is 1. The topological polar surface area (TPSA) is 105 Å². The van der Waals surface area contributed by atoms with Crippen LogP contribution in [0, 0.1) is 5.92 Å². The van der Waals surface area contributed by atoms with Crippen molar-refractivity contribution in [3.63, 3.8) is 0 Å². The monoisotopic (exact) mass is 600 g/mol. The Labute approximate surface area is 247 Å². The Kier molecular flexibility index (Phi) is 10.3. The number of hydrogen-bond acceptors (Lipinski definition) is 5. The van der Waals surface area contributed by atoms with Crippen molar-refractivity contribution in [2.24, 2.45) is 5.92 Å². The standard InChI is InChI=1S/C29H30Cl2N4O4S/c1-40-24-9-7-20(26(30)27(24)31)8-10-25(36)35-13-11-21(12-14-35)28(37)33-23(29(38)39)15-22-17-34(18-32-22)16-19-5-3-2-4-6-19/h2-10,17-18,21,23H,11-16H2,1H3,(H,33,37)(H,38,39)/b10-8+/t23-/m0/s1. The molecular formula is C29H30Cl2N4O4S. The molecule has 0 saturated carbocycles. The third-order valence-corrected chi connectivity index (χ3v) is 8.59. The Hall–Kier alpha value is -3.27. The van der Waals surface area contributed by atoms with Crippen LogP contribution in [0.1, 0.15) is 29.7 Å². The Balaban J connectivity index is 1.28. The second-order valence-corrected chi connectivity index (χ2v) is 11.1. The quantitative estimate of drug-likeness (QED) is 0.250. The van der Waals surface area contributed by atoms with Crippen LogP contribution in [-0.4, -0.2) is 62.7 Å². The summed E-state index contributed by atoms with van der Waals surface area (Å²) in [5.74, 6) is -2.01. The van der Waals surface area contributed by atoms with Crippen LogP contribution >= 0.6 is 35.0 Å². The molecular weight excluding hydrogens is 571 g/mol.